The summed E-state index contributed by atoms with van der Waals surface area (Å²) in [4.78, 5) is 16.2. The molecule has 0 fully saturated rings. The highest BCUT2D eigenvalue weighted by molar-refractivity contribution is 7.85. The number of benzene rings is 1. The molecule has 0 unspecified atom stereocenters. The molecule has 0 bridgehead atoms. The van der Waals surface area contributed by atoms with Gasteiger partial charge in [-0.15, -0.1) is 0 Å². The molecule has 0 aliphatic heterocycles. The molecule has 1 aromatic heterocycles. The monoisotopic (exact) mass is 326 g/mol. The average molecular weight is 326 g/mol. The lowest BCUT2D eigenvalue weighted by molar-refractivity contribution is 0.0543. The van der Waals surface area contributed by atoms with E-state index in [2.05, 4.69) is 4.98 Å². The first-order chi connectivity index (χ1) is 10.1. The van der Waals surface area contributed by atoms with Crippen LogP contribution in [0, 0.1) is 0 Å². The number of hydrogen-bond donors (Lipinski definition) is 0. The van der Waals surface area contributed by atoms with Crippen molar-refractivity contribution in [2.75, 3.05) is 6.26 Å². The van der Waals surface area contributed by atoms with E-state index in [1.54, 1.807) is 39.0 Å². The fourth-order valence-electron chi connectivity index (χ4n) is 1.78. The number of carbonyl (C=O) groups is 1. The minimum Gasteiger partial charge on any atom is -0.443 e. The van der Waals surface area contributed by atoms with Crippen LogP contribution in [0.3, 0.4) is 0 Å². The zero-order valence-electron chi connectivity index (χ0n) is 12.9. The molecule has 0 spiro atoms. The van der Waals surface area contributed by atoms with Crippen LogP contribution in [-0.2, 0) is 25.6 Å². The lowest BCUT2D eigenvalue weighted by Crippen LogP contribution is -2.26. The molecule has 0 radical (unpaired) electrons. The Kier molecular flexibility index (Phi) is 4.25. The molecule has 0 atom stereocenters. The molecule has 0 saturated heterocycles. The van der Waals surface area contributed by atoms with Gasteiger partial charge in [0.1, 0.15) is 11.9 Å². The summed E-state index contributed by atoms with van der Waals surface area (Å²) in [5, 5.41) is 0. The second-order valence-electron chi connectivity index (χ2n) is 5.88. The summed E-state index contributed by atoms with van der Waals surface area (Å²) in [7, 11) is -3.50. The van der Waals surface area contributed by atoms with Gasteiger partial charge in [0, 0.05) is 0 Å². The largest absolute Gasteiger partial charge is 0.443 e. The Morgan fingerprint density at radius 2 is 2.00 bits per heavy atom. The molecule has 120 valence electrons. The van der Waals surface area contributed by atoms with Crippen LogP contribution in [0.25, 0.3) is 11.0 Å². The maximum absolute atomic E-state index is 12.1. The van der Waals surface area contributed by atoms with Crippen LogP contribution in [0.15, 0.2) is 24.5 Å². The molecule has 7 nitrogen and oxygen atoms in total. The summed E-state index contributed by atoms with van der Waals surface area (Å²) in [5.41, 5.74) is 1.18. The van der Waals surface area contributed by atoms with Crippen molar-refractivity contribution in [2.24, 2.45) is 0 Å². The summed E-state index contributed by atoms with van der Waals surface area (Å²) in [6.45, 7) is 5.27. The van der Waals surface area contributed by atoms with E-state index in [9.17, 15) is 13.2 Å². The summed E-state index contributed by atoms with van der Waals surface area (Å²) in [5.74, 6) is 0. The predicted molar refractivity (Wildman–Crippen MR) is 81.0 cm³/mol. The number of aromatic nitrogens is 2. The predicted octanol–water partition coefficient (Wildman–Crippen LogP) is 2.30. The van der Waals surface area contributed by atoms with E-state index >= 15 is 0 Å². The number of ether oxygens (including phenoxy) is 1. The quantitative estimate of drug-likeness (QED) is 0.804. The lowest BCUT2D eigenvalue weighted by Gasteiger charge is -2.19. The Bertz CT molecular complexity index is 802. The molecule has 0 amide bonds. The van der Waals surface area contributed by atoms with Gasteiger partial charge < -0.3 is 4.74 Å². The van der Waals surface area contributed by atoms with E-state index in [0.29, 0.717) is 16.6 Å². The molecule has 0 aliphatic carbocycles. The van der Waals surface area contributed by atoms with Crippen molar-refractivity contribution < 1.29 is 22.1 Å². The third-order valence-electron chi connectivity index (χ3n) is 2.64. The number of rotatable bonds is 3. The van der Waals surface area contributed by atoms with Crippen LogP contribution in [-0.4, -0.2) is 35.9 Å². The maximum Gasteiger partial charge on any atom is 0.420 e. The Labute approximate surface area is 129 Å². The Balaban J connectivity index is 2.25. The highest BCUT2D eigenvalue weighted by atomic mass is 32.2. The van der Waals surface area contributed by atoms with Crippen molar-refractivity contribution in [3.8, 4) is 0 Å². The van der Waals surface area contributed by atoms with Crippen LogP contribution in [0.1, 0.15) is 26.3 Å². The minimum absolute atomic E-state index is 0.0753. The Hall–Kier alpha value is -1.93. The first kappa shape index (κ1) is 16.4. The molecule has 1 heterocycles. The summed E-state index contributed by atoms with van der Waals surface area (Å²) in [6.07, 6.45) is 1.85. The van der Waals surface area contributed by atoms with Crippen molar-refractivity contribution in [3.05, 3.63) is 30.1 Å². The number of nitrogens with zero attached hydrogens (tertiary/aromatic N) is 2. The van der Waals surface area contributed by atoms with Crippen LogP contribution in [0.5, 0.6) is 0 Å². The second kappa shape index (κ2) is 5.69. The van der Waals surface area contributed by atoms with Gasteiger partial charge in [-0.05, 0) is 38.5 Å². The average Bonchev–Trinajstić information content (AvgIpc) is 2.76. The number of hydrogen-bond acceptors (Lipinski definition) is 6. The van der Waals surface area contributed by atoms with Gasteiger partial charge in [0.15, 0.2) is 0 Å². The smallest absolute Gasteiger partial charge is 0.420 e. The van der Waals surface area contributed by atoms with E-state index in [1.807, 2.05) is 0 Å². The maximum atomic E-state index is 12.1. The number of fused-ring (bicyclic) bond motifs is 1. The van der Waals surface area contributed by atoms with Gasteiger partial charge in [0.25, 0.3) is 10.1 Å². The van der Waals surface area contributed by atoms with Gasteiger partial charge in [-0.1, -0.05) is 6.07 Å². The fourth-order valence-corrected chi connectivity index (χ4v) is 2.13. The molecule has 0 saturated carbocycles. The van der Waals surface area contributed by atoms with E-state index < -0.39 is 21.8 Å². The van der Waals surface area contributed by atoms with E-state index in [-0.39, 0.29) is 6.61 Å². The summed E-state index contributed by atoms with van der Waals surface area (Å²) >= 11 is 0. The van der Waals surface area contributed by atoms with E-state index in [0.717, 1.165) is 6.26 Å². The molecular formula is C14H18N2O5S. The summed E-state index contributed by atoms with van der Waals surface area (Å²) < 4.78 is 33.3. The van der Waals surface area contributed by atoms with Crippen molar-refractivity contribution >= 4 is 27.2 Å². The Morgan fingerprint density at radius 3 is 2.59 bits per heavy atom. The lowest BCUT2D eigenvalue weighted by atomic mass is 10.2. The van der Waals surface area contributed by atoms with Gasteiger partial charge in [0.2, 0.25) is 0 Å². The van der Waals surface area contributed by atoms with Crippen LogP contribution in [0.4, 0.5) is 4.79 Å². The summed E-state index contributed by atoms with van der Waals surface area (Å²) in [6, 6.07) is 5.02. The van der Waals surface area contributed by atoms with Crippen molar-refractivity contribution in [3.63, 3.8) is 0 Å². The zero-order valence-corrected chi connectivity index (χ0v) is 13.7. The number of carbonyl (C=O) groups excluding carboxylic acids is 1. The fraction of sp³-hybridized carbons (Fsp3) is 0.429. The van der Waals surface area contributed by atoms with E-state index in [1.165, 1.54) is 10.9 Å². The molecule has 2 aromatic rings. The highest BCUT2D eigenvalue weighted by Gasteiger charge is 2.19. The third kappa shape index (κ3) is 4.28. The van der Waals surface area contributed by atoms with Crippen LogP contribution >= 0.6 is 0 Å². The zero-order chi connectivity index (χ0) is 16.5. The van der Waals surface area contributed by atoms with Crippen molar-refractivity contribution in [1.29, 1.82) is 0 Å². The minimum atomic E-state index is -3.50. The van der Waals surface area contributed by atoms with Gasteiger partial charge in [0.05, 0.1) is 23.9 Å². The topological polar surface area (TPSA) is 87.5 Å². The normalized spacial score (nSPS) is 12.5. The number of imidazole rings is 1. The first-order valence-electron chi connectivity index (χ1n) is 6.59. The molecule has 0 N–H and O–H groups in total. The highest BCUT2D eigenvalue weighted by Crippen LogP contribution is 2.18. The Morgan fingerprint density at radius 1 is 1.32 bits per heavy atom. The molecular weight excluding hydrogens is 308 g/mol. The van der Waals surface area contributed by atoms with Crippen LogP contribution in [0.2, 0.25) is 0 Å². The van der Waals surface area contributed by atoms with Gasteiger partial charge >= 0.3 is 6.09 Å². The van der Waals surface area contributed by atoms with E-state index in [4.69, 9.17) is 8.92 Å². The third-order valence-corrected chi connectivity index (χ3v) is 3.19. The standard InChI is InChI=1S/C14H18N2O5S/c1-14(2,3)21-13(17)16-9-15-11-7-10(5-6-12(11)16)8-20-22(4,18)19/h5-7,9H,8H2,1-4H3. The molecule has 0 aliphatic rings. The first-order valence-corrected chi connectivity index (χ1v) is 8.40. The second-order valence-corrected chi connectivity index (χ2v) is 7.53. The van der Waals surface area contributed by atoms with Gasteiger partial charge in [-0.25, -0.2) is 14.3 Å². The van der Waals surface area contributed by atoms with Crippen molar-refractivity contribution in [2.45, 2.75) is 33.0 Å². The SMILES string of the molecule is CC(C)(C)OC(=O)n1cnc2cc(COS(C)(=O)=O)ccc21. The molecule has 1 aromatic carbocycles. The van der Waals surface area contributed by atoms with Gasteiger partial charge in [-0.3, -0.25) is 4.18 Å². The molecule has 2 rings (SSSR count). The molecule has 22 heavy (non-hydrogen) atoms. The van der Waals surface area contributed by atoms with Gasteiger partial charge in [-0.2, -0.15) is 8.42 Å². The van der Waals surface area contributed by atoms with Crippen molar-refractivity contribution in [1.82, 2.24) is 9.55 Å². The van der Waals surface area contributed by atoms with Crippen LogP contribution < -0.4 is 0 Å². The molecule has 8 heteroatoms.